The van der Waals surface area contributed by atoms with E-state index in [2.05, 4.69) is 30.8 Å². The largest absolute Gasteiger partial charge is 0.367 e. The Hall–Kier alpha value is -2.46. The Bertz CT molecular complexity index is 712. The van der Waals surface area contributed by atoms with Gasteiger partial charge in [0.25, 0.3) is 0 Å². The Morgan fingerprint density at radius 1 is 1.14 bits per heavy atom. The molecule has 0 aromatic carbocycles. The van der Waals surface area contributed by atoms with E-state index in [9.17, 15) is 5.26 Å². The minimum atomic E-state index is 0.490. The summed E-state index contributed by atoms with van der Waals surface area (Å²) < 4.78 is 0.490. The van der Waals surface area contributed by atoms with E-state index >= 15 is 0 Å². The molecule has 1 fully saturated rings. The molecule has 1 aliphatic heterocycles. The molecule has 21 heavy (non-hydrogen) atoms. The summed E-state index contributed by atoms with van der Waals surface area (Å²) in [5, 5.41) is 9.27. The zero-order chi connectivity index (χ0) is 14.7. The van der Waals surface area contributed by atoms with Crippen LogP contribution < -0.4 is 9.80 Å². The number of nitrogens with zero attached hydrogens (tertiary/aromatic N) is 5. The minimum Gasteiger partial charge on any atom is -0.367 e. The number of H-pyrrole nitrogens is 1. The molecule has 3 heterocycles. The van der Waals surface area contributed by atoms with E-state index in [1.165, 1.54) is 0 Å². The molecule has 0 aliphatic carbocycles. The molecule has 2 aromatic rings. The van der Waals surface area contributed by atoms with Crippen LogP contribution in [-0.2, 0) is 0 Å². The van der Waals surface area contributed by atoms with Crippen molar-refractivity contribution in [2.45, 2.75) is 0 Å². The molecule has 1 N–H and O–H groups in total. The fraction of sp³-hybridized carbons (Fsp3) is 0.286. The van der Waals surface area contributed by atoms with Crippen molar-refractivity contribution in [3.63, 3.8) is 0 Å². The predicted octanol–water partition coefficient (Wildman–Crippen LogP) is 1.73. The highest BCUT2D eigenvalue weighted by molar-refractivity contribution is 7.71. The van der Waals surface area contributed by atoms with Crippen LogP contribution in [0.2, 0.25) is 0 Å². The monoisotopic (exact) mass is 298 g/mol. The minimum absolute atomic E-state index is 0.490. The highest BCUT2D eigenvalue weighted by atomic mass is 32.1. The third kappa shape index (κ3) is 2.71. The van der Waals surface area contributed by atoms with E-state index in [4.69, 9.17) is 12.2 Å². The first-order valence-corrected chi connectivity index (χ1v) is 7.09. The van der Waals surface area contributed by atoms with Crippen LogP contribution in [-0.4, -0.2) is 41.1 Å². The van der Waals surface area contributed by atoms with Gasteiger partial charge in [-0.25, -0.2) is 9.97 Å². The number of nitrogens with one attached hydrogen (secondary N) is 1. The summed E-state index contributed by atoms with van der Waals surface area (Å²) in [7, 11) is 0. The van der Waals surface area contributed by atoms with Crippen molar-refractivity contribution < 1.29 is 0 Å². The molecule has 106 valence electrons. The molecule has 3 rings (SSSR count). The van der Waals surface area contributed by atoms with Crippen LogP contribution in [0.25, 0.3) is 0 Å². The average molecular weight is 298 g/mol. The zero-order valence-corrected chi connectivity index (χ0v) is 12.2. The highest BCUT2D eigenvalue weighted by Crippen LogP contribution is 2.22. The molecule has 0 saturated carbocycles. The number of aromatic amines is 1. The van der Waals surface area contributed by atoms with Crippen LogP contribution in [0.1, 0.15) is 5.56 Å². The van der Waals surface area contributed by atoms with Crippen LogP contribution in [0.4, 0.5) is 11.6 Å². The van der Waals surface area contributed by atoms with Gasteiger partial charge in [-0.05, 0) is 12.1 Å². The molecular formula is C14H14N6S. The molecule has 1 saturated heterocycles. The molecule has 0 spiro atoms. The molecule has 0 bridgehead atoms. The van der Waals surface area contributed by atoms with Crippen molar-refractivity contribution in [1.29, 1.82) is 5.26 Å². The van der Waals surface area contributed by atoms with Gasteiger partial charge < -0.3 is 14.8 Å². The van der Waals surface area contributed by atoms with E-state index < -0.39 is 0 Å². The van der Waals surface area contributed by atoms with Gasteiger partial charge in [0.1, 0.15) is 16.3 Å². The van der Waals surface area contributed by atoms with Gasteiger partial charge in [0.15, 0.2) is 0 Å². The summed E-state index contributed by atoms with van der Waals surface area (Å²) in [5.41, 5.74) is 1.44. The second-order valence-electron chi connectivity index (χ2n) is 4.70. The molecule has 7 heteroatoms. The first-order valence-electron chi connectivity index (χ1n) is 6.68. The fourth-order valence-electron chi connectivity index (χ4n) is 2.44. The lowest BCUT2D eigenvalue weighted by Gasteiger charge is -2.36. The summed E-state index contributed by atoms with van der Waals surface area (Å²) in [5.74, 6) is 0.753. The lowest BCUT2D eigenvalue weighted by Crippen LogP contribution is -2.47. The summed E-state index contributed by atoms with van der Waals surface area (Å²) in [6.45, 7) is 3.26. The molecule has 0 atom stereocenters. The first-order chi connectivity index (χ1) is 10.3. The number of nitriles is 1. The van der Waals surface area contributed by atoms with Gasteiger partial charge >= 0.3 is 0 Å². The van der Waals surface area contributed by atoms with Gasteiger partial charge in [0.05, 0.1) is 5.69 Å². The number of aromatic nitrogens is 3. The second-order valence-corrected chi connectivity index (χ2v) is 5.11. The van der Waals surface area contributed by atoms with E-state index in [-0.39, 0.29) is 0 Å². The van der Waals surface area contributed by atoms with Gasteiger partial charge in [-0.1, -0.05) is 12.2 Å². The van der Waals surface area contributed by atoms with E-state index in [0.29, 0.717) is 10.2 Å². The second kappa shape index (κ2) is 5.89. The molecule has 0 amide bonds. The summed E-state index contributed by atoms with van der Waals surface area (Å²) in [6.07, 6.45) is 5.28. The lowest BCUT2D eigenvalue weighted by atomic mass is 10.2. The highest BCUT2D eigenvalue weighted by Gasteiger charge is 2.21. The van der Waals surface area contributed by atoms with E-state index in [0.717, 1.165) is 37.8 Å². The number of rotatable bonds is 2. The average Bonchev–Trinajstić information content (AvgIpc) is 2.55. The quantitative estimate of drug-likeness (QED) is 0.851. The number of hydrogen-bond acceptors (Lipinski definition) is 6. The molecule has 1 aliphatic rings. The smallest absolute Gasteiger partial charge is 0.225 e. The van der Waals surface area contributed by atoms with Crippen LogP contribution in [0.15, 0.2) is 30.7 Å². The Morgan fingerprint density at radius 2 is 1.81 bits per heavy atom. The number of hydrogen-bond donors (Lipinski definition) is 1. The maximum absolute atomic E-state index is 9.27. The molecule has 0 radical (unpaired) electrons. The van der Waals surface area contributed by atoms with Crippen molar-refractivity contribution in [1.82, 2.24) is 15.0 Å². The summed E-state index contributed by atoms with van der Waals surface area (Å²) >= 11 is 5.17. The van der Waals surface area contributed by atoms with E-state index in [1.54, 1.807) is 18.6 Å². The van der Waals surface area contributed by atoms with Crippen molar-refractivity contribution in [3.05, 3.63) is 40.9 Å². The zero-order valence-electron chi connectivity index (χ0n) is 11.4. The van der Waals surface area contributed by atoms with Gasteiger partial charge in [-0.3, -0.25) is 0 Å². The normalized spacial score (nSPS) is 14.8. The lowest BCUT2D eigenvalue weighted by molar-refractivity contribution is 0.639. The van der Waals surface area contributed by atoms with Gasteiger partial charge in [-0.2, -0.15) is 5.26 Å². The summed E-state index contributed by atoms with van der Waals surface area (Å²) in [6, 6.07) is 5.90. The standard InChI is InChI=1S/C14H14N6S/c15-10-11-12(2-5-16-13(11)21)19-6-8-20(9-7-19)14-17-3-1-4-18-14/h1-5H,6-9H2,(H,16,21). The van der Waals surface area contributed by atoms with Crippen molar-refractivity contribution in [2.75, 3.05) is 36.0 Å². The fourth-order valence-corrected chi connectivity index (χ4v) is 2.66. The number of piperazine rings is 1. The summed E-state index contributed by atoms with van der Waals surface area (Å²) in [4.78, 5) is 15.8. The van der Waals surface area contributed by atoms with Gasteiger partial charge in [-0.15, -0.1) is 0 Å². The van der Waals surface area contributed by atoms with Gasteiger partial charge in [0.2, 0.25) is 5.95 Å². The maximum atomic E-state index is 9.27. The number of pyridine rings is 1. The predicted molar refractivity (Wildman–Crippen MR) is 82.8 cm³/mol. The Kier molecular flexibility index (Phi) is 3.79. The Labute approximate surface area is 127 Å². The number of anilines is 2. The molecular weight excluding hydrogens is 284 g/mol. The SMILES string of the molecule is N#Cc1c(N2CCN(c3ncccn3)CC2)cc[nH]c1=S. The van der Waals surface area contributed by atoms with Gasteiger partial charge in [0, 0.05) is 44.8 Å². The van der Waals surface area contributed by atoms with Crippen LogP contribution in [0, 0.1) is 16.0 Å². The topological polar surface area (TPSA) is 71.8 Å². The van der Waals surface area contributed by atoms with Crippen LogP contribution in [0.5, 0.6) is 0 Å². The van der Waals surface area contributed by atoms with Crippen molar-refractivity contribution in [3.8, 4) is 6.07 Å². The molecule has 2 aromatic heterocycles. The van der Waals surface area contributed by atoms with Crippen molar-refractivity contribution in [2.24, 2.45) is 0 Å². The van der Waals surface area contributed by atoms with Crippen LogP contribution >= 0.6 is 12.2 Å². The Morgan fingerprint density at radius 3 is 2.48 bits per heavy atom. The molecule has 6 nitrogen and oxygen atoms in total. The third-order valence-corrected chi connectivity index (χ3v) is 3.83. The first kappa shape index (κ1) is 13.5. The van der Waals surface area contributed by atoms with Crippen molar-refractivity contribution >= 4 is 23.9 Å². The third-order valence-electron chi connectivity index (χ3n) is 3.51. The van der Waals surface area contributed by atoms with E-state index in [1.807, 2.05) is 12.1 Å². The molecule has 0 unspecified atom stereocenters. The van der Waals surface area contributed by atoms with Crippen LogP contribution in [0.3, 0.4) is 0 Å². The Balaban J connectivity index is 1.77. The maximum Gasteiger partial charge on any atom is 0.225 e.